The highest BCUT2D eigenvalue weighted by molar-refractivity contribution is 5.99. The number of piperazine rings is 1. The topological polar surface area (TPSA) is 108 Å². The number of nitrogens with two attached hydrogens (primary N) is 1. The van der Waals surface area contributed by atoms with Crippen molar-refractivity contribution in [2.24, 2.45) is 5.73 Å². The number of nitrogens with one attached hydrogen (secondary N) is 1. The van der Waals surface area contributed by atoms with Gasteiger partial charge < -0.3 is 25.8 Å². The zero-order valence-electron chi connectivity index (χ0n) is 23.2. The van der Waals surface area contributed by atoms with Gasteiger partial charge in [0.05, 0.1) is 6.54 Å². The van der Waals surface area contributed by atoms with Crippen molar-refractivity contribution in [2.45, 2.75) is 45.7 Å². The van der Waals surface area contributed by atoms with Gasteiger partial charge in [-0.15, -0.1) is 5.10 Å². The highest BCUT2D eigenvalue weighted by atomic mass is 19.1. The molecule has 1 aromatic heterocycles. The van der Waals surface area contributed by atoms with Crippen molar-refractivity contribution in [1.29, 1.82) is 0 Å². The van der Waals surface area contributed by atoms with E-state index < -0.39 is 11.9 Å². The minimum atomic E-state index is -0.702. The Balaban J connectivity index is 1.31. The van der Waals surface area contributed by atoms with Gasteiger partial charge in [-0.2, -0.15) is 5.10 Å². The molecule has 40 heavy (non-hydrogen) atoms. The highest BCUT2D eigenvalue weighted by Gasteiger charge is 2.35. The van der Waals surface area contributed by atoms with Gasteiger partial charge in [0, 0.05) is 55.4 Å². The fraction of sp³-hybridized carbons (Fsp3) is 0.400. The largest absolute Gasteiger partial charge is 0.382 e. The number of piperidine rings is 1. The van der Waals surface area contributed by atoms with Gasteiger partial charge in [-0.3, -0.25) is 9.59 Å². The number of carbonyl (C=O) groups is 2. The fourth-order valence-electron chi connectivity index (χ4n) is 5.97. The summed E-state index contributed by atoms with van der Waals surface area (Å²) in [4.78, 5) is 32.1. The molecule has 3 N–H and O–H groups in total. The van der Waals surface area contributed by atoms with Crippen LogP contribution in [-0.2, 0) is 4.79 Å². The first-order valence-electron chi connectivity index (χ1n) is 13.7. The maximum Gasteiger partial charge on any atom is 0.254 e. The van der Waals surface area contributed by atoms with Gasteiger partial charge in [-0.1, -0.05) is 6.07 Å². The Kier molecular flexibility index (Phi) is 7.86. The molecule has 2 aromatic carbocycles. The Morgan fingerprint density at radius 2 is 1.73 bits per heavy atom. The van der Waals surface area contributed by atoms with Crippen LogP contribution < -0.4 is 20.9 Å². The average Bonchev–Trinajstić information content (AvgIpc) is 2.96. The summed E-state index contributed by atoms with van der Waals surface area (Å²) in [5.41, 5.74) is 11.0. The van der Waals surface area contributed by atoms with Gasteiger partial charge in [0.25, 0.3) is 5.91 Å². The molecular formula is C30H36FN7O2. The molecule has 0 bridgehead atoms. The SMILES string of the molecule is Cc1cc(C)c(C(=O)N2CCN(c3ccc(F)cc3)C(C(N)=O)C2)c(C)c1NC1CCN(c2cccnn2)CC1. The first-order valence-corrected chi connectivity index (χ1v) is 13.7. The molecule has 2 aliphatic heterocycles. The van der Waals surface area contributed by atoms with Crippen LogP contribution in [0.1, 0.15) is 39.9 Å². The number of anilines is 3. The minimum absolute atomic E-state index is 0.111. The predicted molar refractivity (Wildman–Crippen MR) is 154 cm³/mol. The third-order valence-electron chi connectivity index (χ3n) is 8.07. The molecule has 5 rings (SSSR count). The maximum atomic E-state index is 13.9. The standard InChI is InChI=1S/C30H36FN7O2/c1-19-17-20(2)28(34-23-10-13-36(14-11-23)26-5-4-12-33-35-26)21(3)27(19)30(40)37-15-16-38(25(18-37)29(32)39)24-8-6-22(31)7-9-24/h4-9,12,17,23,25,34H,10-11,13-16,18H2,1-3H3,(H2,32,39). The molecule has 10 heteroatoms. The number of aryl methyl sites for hydroxylation is 2. The van der Waals surface area contributed by atoms with Crippen LogP contribution in [0, 0.1) is 26.6 Å². The summed E-state index contributed by atoms with van der Waals surface area (Å²) in [5, 5.41) is 12.0. The quantitative estimate of drug-likeness (QED) is 0.489. The smallest absolute Gasteiger partial charge is 0.254 e. The minimum Gasteiger partial charge on any atom is -0.382 e. The average molecular weight is 546 g/mol. The molecule has 2 fully saturated rings. The Bertz CT molecular complexity index is 1380. The maximum absolute atomic E-state index is 13.9. The lowest BCUT2D eigenvalue weighted by Gasteiger charge is -2.41. The highest BCUT2D eigenvalue weighted by Crippen LogP contribution is 2.31. The van der Waals surface area contributed by atoms with Gasteiger partial charge in [-0.05, 0) is 86.7 Å². The van der Waals surface area contributed by atoms with Gasteiger partial charge >= 0.3 is 0 Å². The van der Waals surface area contributed by atoms with E-state index in [0.717, 1.165) is 54.1 Å². The molecular weight excluding hydrogens is 509 g/mol. The van der Waals surface area contributed by atoms with Crippen LogP contribution in [0.15, 0.2) is 48.7 Å². The van der Waals surface area contributed by atoms with Crippen LogP contribution in [0.4, 0.5) is 21.6 Å². The number of nitrogens with zero attached hydrogens (tertiary/aromatic N) is 5. The molecule has 210 valence electrons. The van der Waals surface area contributed by atoms with E-state index in [2.05, 4.69) is 33.4 Å². The van der Waals surface area contributed by atoms with Crippen LogP contribution in [0.5, 0.6) is 0 Å². The molecule has 0 saturated carbocycles. The first-order chi connectivity index (χ1) is 19.2. The Morgan fingerprint density at radius 1 is 1.00 bits per heavy atom. The second-order valence-electron chi connectivity index (χ2n) is 10.7. The summed E-state index contributed by atoms with van der Waals surface area (Å²) < 4.78 is 13.5. The van der Waals surface area contributed by atoms with Gasteiger partial charge in [0.15, 0.2) is 5.82 Å². The molecule has 3 heterocycles. The molecule has 1 atom stereocenters. The monoisotopic (exact) mass is 545 g/mol. The number of carbonyl (C=O) groups excluding carboxylic acids is 2. The number of aromatic nitrogens is 2. The van der Waals surface area contributed by atoms with Crippen molar-refractivity contribution in [2.75, 3.05) is 47.8 Å². The predicted octanol–water partition coefficient (Wildman–Crippen LogP) is 3.44. The van der Waals surface area contributed by atoms with Crippen molar-refractivity contribution in [3.8, 4) is 0 Å². The van der Waals surface area contributed by atoms with E-state index in [-0.39, 0.29) is 24.3 Å². The summed E-state index contributed by atoms with van der Waals surface area (Å²) in [7, 11) is 0. The normalized spacial score (nSPS) is 18.1. The molecule has 2 saturated heterocycles. The molecule has 3 aromatic rings. The molecule has 1 unspecified atom stereocenters. The van der Waals surface area contributed by atoms with Crippen molar-refractivity contribution >= 4 is 29.0 Å². The molecule has 0 radical (unpaired) electrons. The van der Waals surface area contributed by atoms with Crippen molar-refractivity contribution < 1.29 is 14.0 Å². The number of halogens is 1. The van der Waals surface area contributed by atoms with Crippen molar-refractivity contribution in [3.05, 3.63) is 76.7 Å². The summed E-state index contributed by atoms with van der Waals surface area (Å²) >= 11 is 0. The number of rotatable bonds is 6. The van der Waals surface area contributed by atoms with Crippen molar-refractivity contribution in [3.63, 3.8) is 0 Å². The first kappa shape index (κ1) is 27.4. The molecule has 9 nitrogen and oxygen atoms in total. The molecule has 0 aliphatic carbocycles. The second-order valence-corrected chi connectivity index (χ2v) is 10.7. The molecule has 2 aliphatic rings. The zero-order valence-corrected chi connectivity index (χ0v) is 23.2. The Labute approximate surface area is 234 Å². The number of benzene rings is 2. The lowest BCUT2D eigenvalue weighted by molar-refractivity contribution is -0.119. The van der Waals surface area contributed by atoms with Crippen LogP contribution in [0.25, 0.3) is 0 Å². The fourth-order valence-corrected chi connectivity index (χ4v) is 5.97. The van der Waals surface area contributed by atoms with E-state index in [0.29, 0.717) is 24.3 Å². The molecule has 2 amide bonds. The van der Waals surface area contributed by atoms with Gasteiger partial charge in [0.1, 0.15) is 11.9 Å². The number of amides is 2. The number of primary amides is 1. The summed E-state index contributed by atoms with van der Waals surface area (Å²) in [5.74, 6) is -0.0841. The Hall–Kier alpha value is -4.21. The van der Waals surface area contributed by atoms with Crippen molar-refractivity contribution in [1.82, 2.24) is 15.1 Å². The van der Waals surface area contributed by atoms with Gasteiger partial charge in [-0.25, -0.2) is 4.39 Å². The van der Waals surface area contributed by atoms with E-state index in [1.54, 1.807) is 23.2 Å². The Morgan fingerprint density at radius 3 is 2.38 bits per heavy atom. The third-order valence-corrected chi connectivity index (χ3v) is 8.07. The molecule has 0 spiro atoms. The van der Waals surface area contributed by atoms with Crippen LogP contribution in [-0.4, -0.2) is 71.7 Å². The van der Waals surface area contributed by atoms with E-state index in [4.69, 9.17) is 5.73 Å². The number of hydrogen-bond acceptors (Lipinski definition) is 7. The lowest BCUT2D eigenvalue weighted by atomic mass is 9.94. The summed E-state index contributed by atoms with van der Waals surface area (Å²) in [6.07, 6.45) is 3.57. The summed E-state index contributed by atoms with van der Waals surface area (Å²) in [6.45, 7) is 8.78. The van der Waals surface area contributed by atoms with Gasteiger partial charge in [0.2, 0.25) is 5.91 Å². The lowest BCUT2D eigenvalue weighted by Crippen LogP contribution is -2.59. The third kappa shape index (κ3) is 5.57. The van der Waals surface area contributed by atoms with E-state index in [1.807, 2.05) is 30.9 Å². The van der Waals surface area contributed by atoms with Crippen LogP contribution >= 0.6 is 0 Å². The summed E-state index contributed by atoms with van der Waals surface area (Å²) in [6, 6.07) is 11.5. The van der Waals surface area contributed by atoms with E-state index in [1.165, 1.54) is 12.1 Å². The van der Waals surface area contributed by atoms with Crippen LogP contribution in [0.2, 0.25) is 0 Å². The van der Waals surface area contributed by atoms with E-state index in [9.17, 15) is 14.0 Å². The van der Waals surface area contributed by atoms with E-state index >= 15 is 0 Å². The zero-order chi connectivity index (χ0) is 28.4. The van der Waals surface area contributed by atoms with Crippen LogP contribution in [0.3, 0.4) is 0 Å². The number of hydrogen-bond donors (Lipinski definition) is 2. The second kappa shape index (κ2) is 11.5.